The zero-order valence-electron chi connectivity index (χ0n) is 19.5. The van der Waals surface area contributed by atoms with E-state index < -0.39 is 11.5 Å². The lowest BCUT2D eigenvalue weighted by molar-refractivity contribution is -0.146. The topological polar surface area (TPSA) is 71.6 Å². The van der Waals surface area contributed by atoms with Crippen LogP contribution in [0.1, 0.15) is 18.4 Å². The van der Waals surface area contributed by atoms with Gasteiger partial charge >= 0.3 is 5.97 Å². The third kappa shape index (κ3) is 4.35. The molecule has 4 rings (SSSR count). The van der Waals surface area contributed by atoms with E-state index >= 15 is 0 Å². The van der Waals surface area contributed by atoms with Crippen molar-refractivity contribution in [1.29, 1.82) is 0 Å². The quantitative estimate of drug-likeness (QED) is 0.597. The maximum Gasteiger partial charge on any atom is 0.325 e. The lowest BCUT2D eigenvalue weighted by Crippen LogP contribution is -2.56. The summed E-state index contributed by atoms with van der Waals surface area (Å²) < 4.78 is 15.8. The third-order valence-corrected chi connectivity index (χ3v) is 6.69. The van der Waals surface area contributed by atoms with Gasteiger partial charge in [0.15, 0.2) is 11.5 Å². The molecule has 2 aromatic rings. The highest BCUT2D eigenvalue weighted by molar-refractivity contribution is 5.95. The Balaban J connectivity index is 1.54. The van der Waals surface area contributed by atoms with Crippen LogP contribution in [0.25, 0.3) is 0 Å². The van der Waals surface area contributed by atoms with Gasteiger partial charge in [-0.15, -0.1) is 0 Å². The Morgan fingerprint density at radius 3 is 2.33 bits per heavy atom. The van der Waals surface area contributed by atoms with Crippen LogP contribution in [-0.2, 0) is 20.9 Å². The number of ether oxygens (including phenoxy) is 3. The van der Waals surface area contributed by atoms with Crippen LogP contribution in [0.15, 0.2) is 48.5 Å². The first kappa shape index (κ1) is 22.9. The lowest BCUT2D eigenvalue weighted by Gasteiger charge is -2.43. The van der Waals surface area contributed by atoms with Gasteiger partial charge < -0.3 is 24.0 Å². The summed E-state index contributed by atoms with van der Waals surface area (Å²) in [6.45, 7) is 2.55. The van der Waals surface area contributed by atoms with Gasteiger partial charge in [-0.25, -0.2) is 0 Å². The van der Waals surface area contributed by atoms with Gasteiger partial charge in [0.1, 0.15) is 12.1 Å². The van der Waals surface area contributed by atoms with Crippen molar-refractivity contribution in [2.75, 3.05) is 52.5 Å². The number of likely N-dealkylation sites (tertiary alicyclic amines) is 1. The molecular weight excluding hydrogens is 422 g/mol. The van der Waals surface area contributed by atoms with Crippen LogP contribution in [0.5, 0.6) is 11.5 Å². The van der Waals surface area contributed by atoms with Crippen molar-refractivity contribution >= 4 is 17.6 Å². The molecule has 1 spiro atoms. The second-order valence-corrected chi connectivity index (χ2v) is 8.44. The zero-order valence-corrected chi connectivity index (χ0v) is 19.5. The van der Waals surface area contributed by atoms with Crippen molar-refractivity contribution in [1.82, 2.24) is 9.80 Å². The van der Waals surface area contributed by atoms with E-state index in [1.807, 2.05) is 48.5 Å². The fraction of sp³-hybridized carbons (Fsp3) is 0.440. The molecule has 0 unspecified atom stereocenters. The number of anilines is 1. The van der Waals surface area contributed by atoms with Gasteiger partial charge in [0.05, 0.1) is 28.0 Å². The summed E-state index contributed by atoms with van der Waals surface area (Å²) in [5, 5.41) is 0. The van der Waals surface area contributed by atoms with E-state index in [1.165, 1.54) is 7.11 Å². The molecule has 2 heterocycles. The van der Waals surface area contributed by atoms with E-state index in [4.69, 9.17) is 14.2 Å². The maximum atomic E-state index is 13.6. The molecular formula is C25H31N3O5. The predicted octanol–water partition coefficient (Wildman–Crippen LogP) is 2.52. The van der Waals surface area contributed by atoms with Crippen molar-refractivity contribution in [2.45, 2.75) is 24.9 Å². The van der Waals surface area contributed by atoms with E-state index in [2.05, 4.69) is 9.80 Å². The number of methoxy groups -OCH3 is 3. The predicted molar refractivity (Wildman–Crippen MR) is 124 cm³/mol. The average molecular weight is 454 g/mol. The lowest BCUT2D eigenvalue weighted by atomic mass is 9.85. The minimum Gasteiger partial charge on any atom is -0.493 e. The van der Waals surface area contributed by atoms with Crippen molar-refractivity contribution in [3.63, 3.8) is 0 Å². The molecule has 2 aliphatic rings. The normalized spacial score (nSPS) is 18.0. The minimum atomic E-state index is -0.662. The molecule has 1 amide bonds. The monoisotopic (exact) mass is 453 g/mol. The van der Waals surface area contributed by atoms with E-state index in [9.17, 15) is 9.59 Å². The van der Waals surface area contributed by atoms with Gasteiger partial charge in [0.2, 0.25) is 0 Å². The number of carbonyl (C=O) groups excluding carboxylic acids is 2. The average Bonchev–Trinajstić information content (AvgIpc) is 3.11. The molecule has 0 atom stereocenters. The van der Waals surface area contributed by atoms with E-state index in [-0.39, 0.29) is 12.5 Å². The fourth-order valence-corrected chi connectivity index (χ4v) is 4.94. The van der Waals surface area contributed by atoms with Crippen LogP contribution in [0.2, 0.25) is 0 Å². The minimum absolute atomic E-state index is 0.00429. The zero-order chi connectivity index (χ0) is 23.4. The summed E-state index contributed by atoms with van der Waals surface area (Å²) in [5.74, 6) is 1.04. The van der Waals surface area contributed by atoms with Crippen LogP contribution in [0.3, 0.4) is 0 Å². The number of piperidine rings is 1. The number of rotatable bonds is 7. The molecule has 2 aliphatic heterocycles. The summed E-state index contributed by atoms with van der Waals surface area (Å²) >= 11 is 0. The molecule has 0 aromatic heterocycles. The Hall–Kier alpha value is -3.26. The summed E-state index contributed by atoms with van der Waals surface area (Å²) in [7, 11) is 4.63. The summed E-state index contributed by atoms with van der Waals surface area (Å²) in [6.07, 6.45) is 1.34. The van der Waals surface area contributed by atoms with Crippen LogP contribution < -0.4 is 14.4 Å². The van der Waals surface area contributed by atoms with Gasteiger partial charge in [-0.1, -0.05) is 30.3 Å². The van der Waals surface area contributed by atoms with Gasteiger partial charge in [-0.05, 0) is 31.0 Å². The Morgan fingerprint density at radius 1 is 0.970 bits per heavy atom. The van der Waals surface area contributed by atoms with Gasteiger partial charge in [-0.3, -0.25) is 14.5 Å². The summed E-state index contributed by atoms with van der Waals surface area (Å²) in [6, 6.07) is 15.8. The number of carbonyl (C=O) groups is 2. The molecule has 8 nitrogen and oxygen atoms in total. The standard InChI is InChI=1S/C25H31N3O5/c1-31-21-11-7-8-19(23(21)33-3)16-26-14-12-25(13-15-26)24(30)27(17-22(29)32-2)18-28(25)20-9-5-4-6-10-20/h4-11H,12-18H2,1-3H3. The number of esters is 1. The second kappa shape index (κ2) is 9.70. The van der Waals surface area contributed by atoms with E-state index in [0.717, 1.165) is 30.1 Å². The first-order valence-corrected chi connectivity index (χ1v) is 11.1. The third-order valence-electron chi connectivity index (χ3n) is 6.69. The van der Waals surface area contributed by atoms with E-state index in [0.29, 0.717) is 31.8 Å². The number of hydrogen-bond donors (Lipinski definition) is 0. The molecule has 2 fully saturated rings. The summed E-state index contributed by atoms with van der Waals surface area (Å²) in [5.41, 5.74) is 1.38. The first-order chi connectivity index (χ1) is 16.0. The van der Waals surface area contributed by atoms with Gasteiger partial charge in [-0.2, -0.15) is 0 Å². The summed E-state index contributed by atoms with van der Waals surface area (Å²) in [4.78, 5) is 31.6. The number of benzene rings is 2. The highest BCUT2D eigenvalue weighted by atomic mass is 16.5. The molecule has 0 bridgehead atoms. The van der Waals surface area contributed by atoms with Crippen LogP contribution in [0, 0.1) is 0 Å². The molecule has 0 saturated carbocycles. The Morgan fingerprint density at radius 2 is 1.70 bits per heavy atom. The van der Waals surface area contributed by atoms with Crippen molar-refractivity contribution < 1.29 is 23.8 Å². The number of para-hydroxylation sites is 2. The molecule has 2 aromatic carbocycles. The molecule has 0 N–H and O–H groups in total. The van der Waals surface area contributed by atoms with E-state index in [1.54, 1.807) is 19.1 Å². The maximum absolute atomic E-state index is 13.6. The highest BCUT2D eigenvalue weighted by Crippen LogP contribution is 2.40. The Bertz CT molecular complexity index is 989. The van der Waals surface area contributed by atoms with Crippen LogP contribution >= 0.6 is 0 Å². The van der Waals surface area contributed by atoms with Gasteiger partial charge in [0, 0.05) is 30.9 Å². The molecule has 2 saturated heterocycles. The number of amides is 1. The highest BCUT2D eigenvalue weighted by Gasteiger charge is 2.54. The number of nitrogens with zero attached hydrogens (tertiary/aromatic N) is 3. The number of hydrogen-bond acceptors (Lipinski definition) is 7. The molecule has 176 valence electrons. The molecule has 0 radical (unpaired) electrons. The largest absolute Gasteiger partial charge is 0.493 e. The van der Waals surface area contributed by atoms with Crippen molar-refractivity contribution in [2.24, 2.45) is 0 Å². The molecule has 8 heteroatoms. The van der Waals surface area contributed by atoms with Crippen molar-refractivity contribution in [3.05, 3.63) is 54.1 Å². The second-order valence-electron chi connectivity index (χ2n) is 8.44. The fourth-order valence-electron chi connectivity index (χ4n) is 4.94. The molecule has 0 aliphatic carbocycles. The SMILES string of the molecule is COC(=O)CN1CN(c2ccccc2)C2(CCN(Cc3cccc(OC)c3OC)CC2)C1=O. The van der Waals surface area contributed by atoms with Gasteiger partial charge in [0.25, 0.3) is 5.91 Å². The first-order valence-electron chi connectivity index (χ1n) is 11.1. The molecule has 33 heavy (non-hydrogen) atoms. The Labute approximate surface area is 194 Å². The van der Waals surface area contributed by atoms with Crippen molar-refractivity contribution in [3.8, 4) is 11.5 Å². The Kier molecular flexibility index (Phi) is 6.74. The van der Waals surface area contributed by atoms with Crippen LogP contribution in [-0.4, -0.2) is 74.8 Å². The van der Waals surface area contributed by atoms with Crippen LogP contribution in [0.4, 0.5) is 5.69 Å². The smallest absolute Gasteiger partial charge is 0.325 e.